The number of ketones is 1. The van der Waals surface area contributed by atoms with Gasteiger partial charge < -0.3 is 28.6 Å². The van der Waals surface area contributed by atoms with Crippen molar-refractivity contribution in [2.75, 3.05) is 32.5 Å². The average molecular weight is 413 g/mol. The molecule has 0 bridgehead atoms. The number of amides is 1. The summed E-state index contributed by atoms with van der Waals surface area (Å²) in [4.78, 5) is 37.5. The van der Waals surface area contributed by atoms with Crippen molar-refractivity contribution in [3.8, 4) is 11.5 Å². The van der Waals surface area contributed by atoms with Gasteiger partial charge in [0.1, 0.15) is 6.61 Å². The van der Waals surface area contributed by atoms with Gasteiger partial charge in [0.25, 0.3) is 0 Å². The van der Waals surface area contributed by atoms with Gasteiger partial charge in [-0.3, -0.25) is 4.79 Å². The number of hydrogen-bond acceptors (Lipinski definition) is 9. The Labute approximate surface area is 167 Å². The molecular formula is C18H23NO8S. The summed E-state index contributed by atoms with van der Waals surface area (Å²) >= 11 is 1.52. The molecule has 0 spiro atoms. The molecule has 28 heavy (non-hydrogen) atoms. The maximum absolute atomic E-state index is 12.6. The van der Waals surface area contributed by atoms with Gasteiger partial charge >= 0.3 is 12.2 Å². The summed E-state index contributed by atoms with van der Waals surface area (Å²) < 4.78 is 25.2. The molecule has 1 amide bonds. The fourth-order valence-electron chi connectivity index (χ4n) is 2.25. The van der Waals surface area contributed by atoms with Crippen LogP contribution < -0.4 is 9.47 Å². The lowest BCUT2D eigenvalue weighted by Gasteiger charge is -2.25. The summed E-state index contributed by atoms with van der Waals surface area (Å²) in [6.07, 6.45) is -1.03. The van der Waals surface area contributed by atoms with Gasteiger partial charge in [-0.15, -0.1) is 0 Å². The molecule has 9 nitrogen and oxygen atoms in total. The predicted molar refractivity (Wildman–Crippen MR) is 101 cm³/mol. The van der Waals surface area contributed by atoms with Crippen LogP contribution in [0.1, 0.15) is 24.2 Å². The minimum atomic E-state index is -1.16. The molecule has 1 heterocycles. The molecule has 0 fully saturated rings. The van der Waals surface area contributed by atoms with E-state index in [0.29, 0.717) is 22.8 Å². The van der Waals surface area contributed by atoms with Gasteiger partial charge in [-0.2, -0.15) is 11.8 Å². The summed E-state index contributed by atoms with van der Waals surface area (Å²) in [6.45, 7) is 3.25. The first-order valence-corrected chi connectivity index (χ1v) is 9.92. The molecule has 0 saturated carbocycles. The number of carbonyl (C=O) groups excluding carboxylic acids is 3. The van der Waals surface area contributed by atoms with Gasteiger partial charge in [-0.25, -0.2) is 9.59 Å². The van der Waals surface area contributed by atoms with E-state index in [4.69, 9.17) is 23.7 Å². The van der Waals surface area contributed by atoms with E-state index >= 15 is 0 Å². The number of nitrogens with zero attached hydrogens (tertiary/aromatic N) is 1. The van der Waals surface area contributed by atoms with Gasteiger partial charge in [0, 0.05) is 25.3 Å². The number of likely N-dealkylation sites (N-methyl/N-ethyl adjacent to an activating group) is 1. The first-order chi connectivity index (χ1) is 13.3. The molecule has 2 rings (SSSR count). The Kier molecular flexibility index (Phi) is 7.80. The highest BCUT2D eigenvalue weighted by Gasteiger charge is 2.28. The van der Waals surface area contributed by atoms with Gasteiger partial charge in [0.15, 0.2) is 17.3 Å². The molecule has 1 aromatic carbocycles. The third kappa shape index (κ3) is 5.69. The van der Waals surface area contributed by atoms with E-state index in [-0.39, 0.29) is 19.2 Å². The second-order valence-electron chi connectivity index (χ2n) is 5.88. The number of Topliss-reactive ketones (excluding diaryl/α,β-unsaturated/α-hetero) is 1. The fourth-order valence-corrected chi connectivity index (χ4v) is 2.50. The zero-order chi connectivity index (χ0) is 20.7. The Hall–Kier alpha value is -2.62. The van der Waals surface area contributed by atoms with Crippen LogP contribution in [0.15, 0.2) is 18.2 Å². The summed E-state index contributed by atoms with van der Waals surface area (Å²) in [5.74, 6) is 1.37. The van der Waals surface area contributed by atoms with Crippen molar-refractivity contribution in [2.45, 2.75) is 26.2 Å². The minimum absolute atomic E-state index is 0.104. The van der Waals surface area contributed by atoms with E-state index in [1.165, 1.54) is 25.7 Å². The van der Waals surface area contributed by atoms with Crippen LogP contribution in [0.5, 0.6) is 11.5 Å². The quantitative estimate of drug-likeness (QED) is 0.275. The summed E-state index contributed by atoms with van der Waals surface area (Å²) in [7, 11) is 1.42. The standard InChI is InChI=1S/C18H23NO8S/c1-11(16(20)13-5-6-14-15(9-13)25-10-24-14)19(3)17(21)26-12(2)27-18(22)23-7-8-28-4/h5-6,9,11-12H,7-8,10H2,1-4H3. The summed E-state index contributed by atoms with van der Waals surface area (Å²) in [6, 6.07) is 3.99. The lowest BCUT2D eigenvalue weighted by atomic mass is 10.0. The summed E-state index contributed by atoms with van der Waals surface area (Å²) in [5.41, 5.74) is 0.373. The van der Waals surface area contributed by atoms with E-state index in [2.05, 4.69) is 0 Å². The second-order valence-corrected chi connectivity index (χ2v) is 6.87. The van der Waals surface area contributed by atoms with E-state index in [0.717, 1.165) is 4.90 Å². The Morgan fingerprint density at radius 3 is 2.61 bits per heavy atom. The van der Waals surface area contributed by atoms with Gasteiger partial charge in [0.2, 0.25) is 13.1 Å². The highest BCUT2D eigenvalue weighted by molar-refractivity contribution is 7.98. The van der Waals surface area contributed by atoms with E-state index < -0.39 is 24.6 Å². The normalized spacial score (nSPS) is 14.0. The Balaban J connectivity index is 1.87. The molecule has 154 valence electrons. The van der Waals surface area contributed by atoms with Crippen molar-refractivity contribution in [3.63, 3.8) is 0 Å². The molecule has 10 heteroatoms. The molecular weight excluding hydrogens is 390 g/mol. The largest absolute Gasteiger partial charge is 0.511 e. The van der Waals surface area contributed by atoms with Crippen LogP contribution in [0.3, 0.4) is 0 Å². The minimum Gasteiger partial charge on any atom is -0.454 e. The van der Waals surface area contributed by atoms with E-state index in [1.54, 1.807) is 25.1 Å². The van der Waals surface area contributed by atoms with Gasteiger partial charge in [-0.1, -0.05) is 0 Å². The Morgan fingerprint density at radius 1 is 1.18 bits per heavy atom. The van der Waals surface area contributed by atoms with Crippen LogP contribution in [0.2, 0.25) is 0 Å². The zero-order valence-corrected chi connectivity index (χ0v) is 16.9. The van der Waals surface area contributed by atoms with Crippen molar-refractivity contribution in [3.05, 3.63) is 23.8 Å². The molecule has 2 atom stereocenters. The van der Waals surface area contributed by atoms with Crippen LogP contribution >= 0.6 is 11.8 Å². The van der Waals surface area contributed by atoms with E-state index in [1.807, 2.05) is 6.26 Å². The van der Waals surface area contributed by atoms with Crippen LogP contribution in [0, 0.1) is 0 Å². The van der Waals surface area contributed by atoms with Crippen molar-refractivity contribution < 1.29 is 38.1 Å². The zero-order valence-electron chi connectivity index (χ0n) is 16.1. The maximum Gasteiger partial charge on any atom is 0.511 e. The Bertz CT molecular complexity index is 726. The van der Waals surface area contributed by atoms with E-state index in [9.17, 15) is 14.4 Å². The number of thioether (sulfide) groups is 1. The topological polar surface area (TPSA) is 101 Å². The average Bonchev–Trinajstić information content (AvgIpc) is 3.13. The highest BCUT2D eigenvalue weighted by Crippen LogP contribution is 2.33. The van der Waals surface area contributed by atoms with Crippen LogP contribution in [0.4, 0.5) is 9.59 Å². The molecule has 0 saturated heterocycles. The number of fused-ring (bicyclic) bond motifs is 1. The lowest BCUT2D eigenvalue weighted by molar-refractivity contribution is -0.0815. The molecule has 2 unspecified atom stereocenters. The Morgan fingerprint density at radius 2 is 1.89 bits per heavy atom. The highest BCUT2D eigenvalue weighted by atomic mass is 32.2. The van der Waals surface area contributed by atoms with Crippen molar-refractivity contribution in [2.24, 2.45) is 0 Å². The monoisotopic (exact) mass is 413 g/mol. The number of benzene rings is 1. The van der Waals surface area contributed by atoms with Gasteiger partial charge in [0.05, 0.1) is 6.04 Å². The summed E-state index contributed by atoms with van der Waals surface area (Å²) in [5, 5.41) is 0. The number of ether oxygens (including phenoxy) is 5. The second kappa shape index (κ2) is 10.1. The lowest BCUT2D eigenvalue weighted by Crippen LogP contribution is -2.42. The number of carbonyl (C=O) groups is 3. The van der Waals surface area contributed by atoms with Crippen LogP contribution in [-0.4, -0.2) is 67.7 Å². The fraction of sp³-hybridized carbons (Fsp3) is 0.500. The third-order valence-electron chi connectivity index (χ3n) is 3.94. The smallest absolute Gasteiger partial charge is 0.454 e. The van der Waals surface area contributed by atoms with Crippen molar-refractivity contribution in [1.29, 1.82) is 0 Å². The van der Waals surface area contributed by atoms with Gasteiger partial charge in [-0.05, 0) is 31.4 Å². The number of rotatable bonds is 8. The van der Waals surface area contributed by atoms with Crippen molar-refractivity contribution >= 4 is 29.8 Å². The maximum atomic E-state index is 12.6. The van der Waals surface area contributed by atoms with Crippen LogP contribution in [0.25, 0.3) is 0 Å². The molecule has 1 aromatic rings. The molecule has 1 aliphatic rings. The predicted octanol–water partition coefficient (Wildman–Crippen LogP) is 2.92. The first kappa shape index (κ1) is 21.7. The molecule has 0 aromatic heterocycles. The molecule has 0 radical (unpaired) electrons. The molecule has 0 aliphatic carbocycles. The third-order valence-corrected chi connectivity index (χ3v) is 4.52. The molecule has 0 N–H and O–H groups in total. The molecule has 1 aliphatic heterocycles. The van der Waals surface area contributed by atoms with Crippen LogP contribution in [-0.2, 0) is 14.2 Å². The van der Waals surface area contributed by atoms with Crippen molar-refractivity contribution in [1.82, 2.24) is 4.90 Å². The first-order valence-electron chi connectivity index (χ1n) is 8.53. The SMILES string of the molecule is CSCCOC(=O)OC(C)OC(=O)N(C)C(C)C(=O)c1ccc2c(c1)OCO2. The number of hydrogen-bond donors (Lipinski definition) is 0.